The lowest BCUT2D eigenvalue weighted by Crippen LogP contribution is -2.28. The summed E-state index contributed by atoms with van der Waals surface area (Å²) in [6.45, 7) is -0.148. The standard InChI is InChI=1S/C23H21ClN2O5S/c24-20-10-4-8-18(12-20)14-25-22(27)16-31-23(28)19-9-5-11-21(13-19)32(29,30)26-15-17-6-2-1-3-7-17/h1-13,26H,14-16H2,(H,25,27). The van der Waals surface area contributed by atoms with Crippen molar-refractivity contribution < 1.29 is 22.7 Å². The van der Waals surface area contributed by atoms with Crippen LogP contribution in [0.2, 0.25) is 5.02 Å². The number of rotatable bonds is 9. The van der Waals surface area contributed by atoms with Gasteiger partial charge < -0.3 is 10.1 Å². The first-order valence-corrected chi connectivity index (χ1v) is 11.5. The second kappa shape index (κ2) is 10.9. The van der Waals surface area contributed by atoms with Crippen molar-refractivity contribution in [3.05, 3.63) is 101 Å². The van der Waals surface area contributed by atoms with Crippen molar-refractivity contribution in [3.63, 3.8) is 0 Å². The first kappa shape index (κ1) is 23.5. The summed E-state index contributed by atoms with van der Waals surface area (Å²) in [5.41, 5.74) is 1.63. The van der Waals surface area contributed by atoms with E-state index in [-0.39, 0.29) is 23.5 Å². The first-order valence-electron chi connectivity index (χ1n) is 9.65. The second-order valence-corrected chi connectivity index (χ2v) is 9.02. The number of carbonyl (C=O) groups excluding carboxylic acids is 2. The molecule has 9 heteroatoms. The molecule has 0 saturated carbocycles. The van der Waals surface area contributed by atoms with Crippen LogP contribution >= 0.6 is 11.6 Å². The molecule has 0 heterocycles. The number of hydrogen-bond acceptors (Lipinski definition) is 5. The minimum atomic E-state index is -3.84. The van der Waals surface area contributed by atoms with E-state index in [0.29, 0.717) is 5.02 Å². The Kier molecular flexibility index (Phi) is 7.99. The van der Waals surface area contributed by atoms with E-state index >= 15 is 0 Å². The van der Waals surface area contributed by atoms with Crippen molar-refractivity contribution in [2.75, 3.05) is 6.61 Å². The maximum absolute atomic E-state index is 12.6. The molecule has 7 nitrogen and oxygen atoms in total. The number of esters is 1. The van der Waals surface area contributed by atoms with Crippen molar-refractivity contribution in [1.82, 2.24) is 10.0 Å². The van der Waals surface area contributed by atoms with Gasteiger partial charge in [0, 0.05) is 18.1 Å². The Morgan fingerprint density at radius 1 is 0.844 bits per heavy atom. The molecule has 3 aromatic rings. The van der Waals surface area contributed by atoms with Gasteiger partial charge in [0.15, 0.2) is 6.61 Å². The maximum Gasteiger partial charge on any atom is 0.338 e. The average Bonchev–Trinajstić information content (AvgIpc) is 2.81. The van der Waals surface area contributed by atoms with E-state index in [0.717, 1.165) is 11.1 Å². The first-order chi connectivity index (χ1) is 15.3. The van der Waals surface area contributed by atoms with Crippen LogP contribution in [0.15, 0.2) is 83.8 Å². The average molecular weight is 473 g/mol. The lowest BCUT2D eigenvalue weighted by atomic mass is 10.2. The number of ether oxygens (including phenoxy) is 1. The topological polar surface area (TPSA) is 102 Å². The summed E-state index contributed by atoms with van der Waals surface area (Å²) in [4.78, 5) is 24.2. The third kappa shape index (κ3) is 6.91. The predicted octanol–water partition coefficient (Wildman–Crippen LogP) is 3.29. The van der Waals surface area contributed by atoms with E-state index in [4.69, 9.17) is 16.3 Å². The maximum atomic E-state index is 12.6. The highest BCUT2D eigenvalue weighted by molar-refractivity contribution is 7.89. The van der Waals surface area contributed by atoms with Gasteiger partial charge in [-0.25, -0.2) is 17.9 Å². The Bertz CT molecular complexity index is 1200. The Hall–Kier alpha value is -3.20. The third-order valence-corrected chi connectivity index (χ3v) is 6.04. The Balaban J connectivity index is 1.54. The zero-order valence-electron chi connectivity index (χ0n) is 17.0. The molecule has 2 N–H and O–H groups in total. The molecule has 0 atom stereocenters. The van der Waals surface area contributed by atoms with Crippen molar-refractivity contribution in [2.45, 2.75) is 18.0 Å². The molecule has 0 aliphatic rings. The van der Waals surface area contributed by atoms with Gasteiger partial charge in [-0.15, -0.1) is 0 Å². The van der Waals surface area contributed by atoms with Gasteiger partial charge >= 0.3 is 5.97 Å². The summed E-state index contributed by atoms with van der Waals surface area (Å²) in [5, 5.41) is 3.17. The summed E-state index contributed by atoms with van der Waals surface area (Å²) >= 11 is 5.90. The molecule has 3 rings (SSSR count). The highest BCUT2D eigenvalue weighted by atomic mass is 35.5. The minimum absolute atomic E-state index is 0.0234. The molecule has 0 fully saturated rings. The molecule has 0 aliphatic carbocycles. The zero-order valence-corrected chi connectivity index (χ0v) is 18.5. The summed E-state index contributed by atoms with van der Waals surface area (Å²) < 4.78 is 32.6. The molecular formula is C23H21ClN2O5S. The van der Waals surface area contributed by atoms with E-state index in [1.54, 1.807) is 36.4 Å². The SMILES string of the molecule is O=C(COC(=O)c1cccc(S(=O)(=O)NCc2ccccc2)c1)NCc1cccc(Cl)c1. The molecule has 0 radical (unpaired) electrons. The molecule has 0 bridgehead atoms. The smallest absolute Gasteiger partial charge is 0.338 e. The fourth-order valence-electron chi connectivity index (χ4n) is 2.76. The normalized spacial score (nSPS) is 11.0. The van der Waals surface area contributed by atoms with Crippen LogP contribution in [0.4, 0.5) is 0 Å². The fourth-order valence-corrected chi connectivity index (χ4v) is 4.04. The predicted molar refractivity (Wildman–Crippen MR) is 120 cm³/mol. The lowest BCUT2D eigenvalue weighted by molar-refractivity contribution is -0.124. The molecule has 3 aromatic carbocycles. The number of benzene rings is 3. The molecule has 0 saturated heterocycles. The Morgan fingerprint density at radius 2 is 1.56 bits per heavy atom. The number of hydrogen-bond donors (Lipinski definition) is 2. The van der Waals surface area contributed by atoms with Crippen LogP contribution < -0.4 is 10.0 Å². The molecule has 0 aromatic heterocycles. The van der Waals surface area contributed by atoms with Gasteiger partial charge in [-0.1, -0.05) is 60.1 Å². The Labute approximate surface area is 191 Å². The molecule has 0 aliphatic heterocycles. The molecule has 0 spiro atoms. The van der Waals surface area contributed by atoms with Crippen molar-refractivity contribution in [3.8, 4) is 0 Å². The summed E-state index contributed by atoms with van der Waals surface area (Å²) in [6, 6.07) is 21.5. The number of halogens is 1. The van der Waals surface area contributed by atoms with Crippen LogP contribution in [-0.2, 0) is 32.6 Å². The van der Waals surface area contributed by atoms with Crippen molar-refractivity contribution in [1.29, 1.82) is 0 Å². The van der Waals surface area contributed by atoms with Crippen LogP contribution in [0, 0.1) is 0 Å². The minimum Gasteiger partial charge on any atom is -0.452 e. The van der Waals surface area contributed by atoms with E-state index < -0.39 is 28.5 Å². The van der Waals surface area contributed by atoms with Gasteiger partial charge in [-0.3, -0.25) is 4.79 Å². The van der Waals surface area contributed by atoms with Crippen LogP contribution in [0.1, 0.15) is 21.5 Å². The number of nitrogens with one attached hydrogen (secondary N) is 2. The summed E-state index contributed by atoms with van der Waals surface area (Å²) in [6.07, 6.45) is 0. The highest BCUT2D eigenvalue weighted by Crippen LogP contribution is 2.14. The van der Waals surface area contributed by atoms with Crippen LogP contribution in [0.25, 0.3) is 0 Å². The van der Waals surface area contributed by atoms with Gasteiger partial charge in [0.2, 0.25) is 10.0 Å². The van der Waals surface area contributed by atoms with Crippen LogP contribution in [0.3, 0.4) is 0 Å². The molecule has 32 heavy (non-hydrogen) atoms. The van der Waals surface area contributed by atoms with E-state index in [1.807, 2.05) is 18.2 Å². The van der Waals surface area contributed by atoms with E-state index in [9.17, 15) is 18.0 Å². The van der Waals surface area contributed by atoms with Crippen molar-refractivity contribution in [2.24, 2.45) is 0 Å². The van der Waals surface area contributed by atoms with Crippen molar-refractivity contribution >= 4 is 33.5 Å². The van der Waals surface area contributed by atoms with Gasteiger partial charge in [-0.05, 0) is 41.5 Å². The largest absolute Gasteiger partial charge is 0.452 e. The quantitative estimate of drug-likeness (QED) is 0.465. The number of amides is 1. The molecular weight excluding hydrogens is 452 g/mol. The number of carbonyl (C=O) groups is 2. The van der Waals surface area contributed by atoms with Crippen LogP contribution in [0.5, 0.6) is 0 Å². The zero-order chi connectivity index (χ0) is 23.0. The molecule has 1 amide bonds. The lowest BCUT2D eigenvalue weighted by Gasteiger charge is -2.09. The highest BCUT2D eigenvalue weighted by Gasteiger charge is 2.17. The van der Waals surface area contributed by atoms with E-state index in [2.05, 4.69) is 10.0 Å². The van der Waals surface area contributed by atoms with Crippen LogP contribution in [-0.4, -0.2) is 26.9 Å². The molecule has 166 valence electrons. The monoisotopic (exact) mass is 472 g/mol. The summed E-state index contributed by atoms with van der Waals surface area (Å²) in [5.74, 6) is -1.30. The second-order valence-electron chi connectivity index (χ2n) is 6.82. The van der Waals surface area contributed by atoms with Gasteiger partial charge in [0.05, 0.1) is 10.5 Å². The van der Waals surface area contributed by atoms with E-state index in [1.165, 1.54) is 24.3 Å². The fraction of sp³-hybridized carbons (Fsp3) is 0.130. The number of sulfonamides is 1. The van der Waals surface area contributed by atoms with Gasteiger partial charge in [0.25, 0.3) is 5.91 Å². The van der Waals surface area contributed by atoms with Gasteiger partial charge in [0.1, 0.15) is 0 Å². The third-order valence-electron chi connectivity index (χ3n) is 4.40. The van der Waals surface area contributed by atoms with Gasteiger partial charge in [-0.2, -0.15) is 0 Å². The summed E-state index contributed by atoms with van der Waals surface area (Å²) in [7, 11) is -3.84. The Morgan fingerprint density at radius 3 is 2.31 bits per heavy atom. The molecule has 0 unspecified atom stereocenters.